The van der Waals surface area contributed by atoms with E-state index in [0.717, 1.165) is 16.7 Å². The molecular formula is C29H22N2O5. The summed E-state index contributed by atoms with van der Waals surface area (Å²) < 4.78 is 10.9. The Kier molecular flexibility index (Phi) is 4.39. The molecule has 178 valence electrons. The van der Waals surface area contributed by atoms with Gasteiger partial charge in [-0.2, -0.15) is 0 Å². The first-order valence-electron chi connectivity index (χ1n) is 12.0. The Hall–Kier alpha value is -4.39. The minimum atomic E-state index is -0.822. The molecule has 2 amide bonds. The number of aryl methyl sites for hydroxylation is 1. The van der Waals surface area contributed by atoms with Gasteiger partial charge in [0.2, 0.25) is 18.6 Å². The van der Waals surface area contributed by atoms with Gasteiger partial charge in [-0.05, 0) is 54.5 Å². The molecule has 7 heteroatoms. The van der Waals surface area contributed by atoms with E-state index >= 15 is 0 Å². The van der Waals surface area contributed by atoms with Crippen molar-refractivity contribution in [1.82, 2.24) is 4.90 Å². The highest BCUT2D eigenvalue weighted by molar-refractivity contribution is 6.24. The zero-order chi connectivity index (χ0) is 24.6. The SMILES string of the molecule is Cc1ccc(N2C(=O)[C@@H]3[C@H](C2=O)[C@@H]2c4ccccc4C=CN2[C@@H]3C(=O)c2ccc3c(c2)OCO3)cc1. The van der Waals surface area contributed by atoms with Crippen LogP contribution in [0.15, 0.2) is 72.9 Å². The number of hydrogen-bond donors (Lipinski definition) is 0. The Labute approximate surface area is 207 Å². The molecular weight excluding hydrogens is 456 g/mol. The predicted octanol–water partition coefficient (Wildman–Crippen LogP) is 4.12. The molecule has 0 unspecified atom stereocenters. The van der Waals surface area contributed by atoms with Crippen LogP contribution >= 0.6 is 0 Å². The first-order chi connectivity index (χ1) is 17.5. The largest absolute Gasteiger partial charge is 0.454 e. The van der Waals surface area contributed by atoms with E-state index in [-0.39, 0.29) is 24.4 Å². The lowest BCUT2D eigenvalue weighted by Crippen LogP contribution is -2.44. The van der Waals surface area contributed by atoms with E-state index in [0.29, 0.717) is 22.7 Å². The zero-order valence-electron chi connectivity index (χ0n) is 19.5. The molecule has 0 radical (unpaired) electrons. The van der Waals surface area contributed by atoms with Crippen molar-refractivity contribution in [3.05, 3.63) is 95.2 Å². The zero-order valence-corrected chi connectivity index (χ0v) is 19.5. The molecule has 2 saturated heterocycles. The number of amides is 2. The lowest BCUT2D eigenvalue weighted by Gasteiger charge is -2.35. The fourth-order valence-electron chi connectivity index (χ4n) is 6.03. The maximum Gasteiger partial charge on any atom is 0.240 e. The van der Waals surface area contributed by atoms with Crippen LogP contribution in [0.3, 0.4) is 0 Å². The first-order valence-corrected chi connectivity index (χ1v) is 12.0. The van der Waals surface area contributed by atoms with Crippen LogP contribution in [0.4, 0.5) is 5.69 Å². The van der Waals surface area contributed by atoms with Crippen molar-refractivity contribution in [3.63, 3.8) is 0 Å². The minimum Gasteiger partial charge on any atom is -0.454 e. The normalized spacial score (nSPS) is 25.1. The number of hydrogen-bond acceptors (Lipinski definition) is 6. The van der Waals surface area contributed by atoms with Crippen molar-refractivity contribution in [2.75, 3.05) is 11.7 Å². The number of nitrogens with zero attached hydrogens (tertiary/aromatic N) is 2. The first kappa shape index (κ1) is 20.9. The molecule has 4 aliphatic heterocycles. The maximum absolute atomic E-state index is 14.0. The van der Waals surface area contributed by atoms with E-state index in [4.69, 9.17) is 9.47 Å². The number of benzene rings is 3. The third-order valence-corrected chi connectivity index (χ3v) is 7.68. The molecule has 0 saturated carbocycles. The summed E-state index contributed by atoms with van der Waals surface area (Å²) in [5, 5.41) is 0. The monoisotopic (exact) mass is 478 g/mol. The van der Waals surface area contributed by atoms with E-state index in [1.807, 2.05) is 60.5 Å². The summed E-state index contributed by atoms with van der Waals surface area (Å²) in [7, 11) is 0. The highest BCUT2D eigenvalue weighted by atomic mass is 16.7. The van der Waals surface area contributed by atoms with Crippen molar-refractivity contribution in [1.29, 1.82) is 0 Å². The molecule has 0 aliphatic carbocycles. The fraction of sp³-hybridized carbons (Fsp3) is 0.207. The van der Waals surface area contributed by atoms with Crippen molar-refractivity contribution >= 4 is 29.4 Å². The second-order valence-electron chi connectivity index (χ2n) is 9.61. The van der Waals surface area contributed by atoms with Gasteiger partial charge in [0.05, 0.1) is 23.6 Å². The van der Waals surface area contributed by atoms with Crippen molar-refractivity contribution in [2.24, 2.45) is 11.8 Å². The molecule has 4 aliphatic rings. The van der Waals surface area contributed by atoms with Crippen LogP contribution in [-0.4, -0.2) is 35.3 Å². The van der Waals surface area contributed by atoms with Gasteiger partial charge in [-0.3, -0.25) is 14.4 Å². The van der Waals surface area contributed by atoms with Crippen LogP contribution in [0.5, 0.6) is 11.5 Å². The molecule has 4 heterocycles. The summed E-state index contributed by atoms with van der Waals surface area (Å²) in [6.45, 7) is 2.06. The lowest BCUT2D eigenvalue weighted by molar-refractivity contribution is -0.123. The number of rotatable bonds is 3. The average molecular weight is 479 g/mol. The van der Waals surface area contributed by atoms with Crippen LogP contribution in [0.1, 0.15) is 33.1 Å². The third-order valence-electron chi connectivity index (χ3n) is 7.68. The standard InChI is InChI=1S/C29H22N2O5/c1-16-6-9-19(10-7-16)31-28(33)23-24(29(31)34)26(27(32)18-8-11-21-22(14-18)36-15-35-21)30-13-12-17-4-2-3-5-20(17)25(23)30/h2-14,23-26H,15H2,1H3/t23-,24+,25-,26-/m0/s1. The quantitative estimate of drug-likeness (QED) is 0.416. The number of Topliss-reactive ketones (excluding diaryl/α,β-unsaturated/α-hetero) is 1. The number of carbonyl (C=O) groups is 3. The number of imide groups is 1. The average Bonchev–Trinajstić information content (AvgIpc) is 3.57. The maximum atomic E-state index is 14.0. The smallest absolute Gasteiger partial charge is 0.240 e. The highest BCUT2D eigenvalue weighted by Crippen LogP contribution is 2.53. The van der Waals surface area contributed by atoms with Gasteiger partial charge in [0, 0.05) is 11.8 Å². The summed E-state index contributed by atoms with van der Waals surface area (Å²) in [5.41, 5.74) is 3.92. The van der Waals surface area contributed by atoms with E-state index in [1.54, 1.807) is 30.3 Å². The molecule has 0 bridgehead atoms. The molecule has 3 aromatic carbocycles. The number of anilines is 1. The van der Waals surface area contributed by atoms with Gasteiger partial charge in [-0.15, -0.1) is 0 Å². The Morgan fingerprint density at radius 2 is 1.64 bits per heavy atom. The van der Waals surface area contributed by atoms with Crippen LogP contribution < -0.4 is 14.4 Å². The predicted molar refractivity (Wildman–Crippen MR) is 131 cm³/mol. The van der Waals surface area contributed by atoms with Crippen LogP contribution in [0.25, 0.3) is 6.08 Å². The fourth-order valence-corrected chi connectivity index (χ4v) is 6.03. The Morgan fingerprint density at radius 3 is 2.47 bits per heavy atom. The van der Waals surface area contributed by atoms with Crippen molar-refractivity contribution < 1.29 is 23.9 Å². The Morgan fingerprint density at radius 1 is 0.889 bits per heavy atom. The molecule has 4 atom stereocenters. The third kappa shape index (κ3) is 2.83. The van der Waals surface area contributed by atoms with E-state index < -0.39 is 23.9 Å². The molecule has 2 fully saturated rings. The van der Waals surface area contributed by atoms with Gasteiger partial charge in [-0.1, -0.05) is 42.0 Å². The summed E-state index contributed by atoms with van der Waals surface area (Å²) in [5.74, 6) is -1.23. The molecule has 7 nitrogen and oxygen atoms in total. The van der Waals surface area contributed by atoms with Gasteiger partial charge in [0.1, 0.15) is 6.04 Å². The second kappa shape index (κ2) is 7.55. The summed E-state index contributed by atoms with van der Waals surface area (Å²) in [4.78, 5) is 45.1. The lowest BCUT2D eigenvalue weighted by atomic mass is 9.83. The summed E-state index contributed by atoms with van der Waals surface area (Å²) in [6.07, 6.45) is 3.80. The minimum absolute atomic E-state index is 0.104. The van der Waals surface area contributed by atoms with E-state index in [1.165, 1.54) is 4.90 Å². The number of ether oxygens (including phenoxy) is 2. The van der Waals surface area contributed by atoms with Gasteiger partial charge in [0.15, 0.2) is 17.3 Å². The van der Waals surface area contributed by atoms with E-state index in [2.05, 4.69) is 0 Å². The Balaban J connectivity index is 1.36. The summed E-state index contributed by atoms with van der Waals surface area (Å²) in [6, 6.07) is 19.0. The van der Waals surface area contributed by atoms with Crippen LogP contribution in [0.2, 0.25) is 0 Å². The second-order valence-corrected chi connectivity index (χ2v) is 9.61. The molecule has 0 N–H and O–H groups in total. The van der Waals surface area contributed by atoms with Crippen LogP contribution in [-0.2, 0) is 9.59 Å². The van der Waals surface area contributed by atoms with Crippen molar-refractivity contribution in [2.45, 2.75) is 19.0 Å². The van der Waals surface area contributed by atoms with Gasteiger partial charge < -0.3 is 14.4 Å². The topological polar surface area (TPSA) is 76.2 Å². The summed E-state index contributed by atoms with van der Waals surface area (Å²) >= 11 is 0. The van der Waals surface area contributed by atoms with Crippen LogP contribution in [0, 0.1) is 18.8 Å². The molecule has 0 spiro atoms. The Bertz CT molecular complexity index is 1480. The molecule has 3 aromatic rings. The molecule has 7 rings (SSSR count). The molecule has 36 heavy (non-hydrogen) atoms. The van der Waals surface area contributed by atoms with E-state index in [9.17, 15) is 14.4 Å². The number of ketones is 1. The molecule has 0 aromatic heterocycles. The number of fused-ring (bicyclic) bond motifs is 6. The van der Waals surface area contributed by atoms with Gasteiger partial charge >= 0.3 is 0 Å². The highest BCUT2D eigenvalue weighted by Gasteiger charge is 2.64. The van der Waals surface area contributed by atoms with Gasteiger partial charge in [0.25, 0.3) is 0 Å². The van der Waals surface area contributed by atoms with Crippen molar-refractivity contribution in [3.8, 4) is 11.5 Å². The number of carbonyl (C=O) groups excluding carboxylic acids is 3. The van der Waals surface area contributed by atoms with Gasteiger partial charge in [-0.25, -0.2) is 4.90 Å².